The molecule has 16 heavy (non-hydrogen) atoms. The molecule has 0 radical (unpaired) electrons. The van der Waals surface area contributed by atoms with Gasteiger partial charge in [0.1, 0.15) is 5.75 Å². The number of aryl methyl sites for hydroxylation is 1. The van der Waals surface area contributed by atoms with Gasteiger partial charge in [0, 0.05) is 0 Å². The lowest BCUT2D eigenvalue weighted by Gasteiger charge is -2.22. The van der Waals surface area contributed by atoms with E-state index in [4.69, 9.17) is 10.5 Å². The topological polar surface area (TPSA) is 35.2 Å². The number of para-hydroxylation sites is 1. The zero-order chi connectivity index (χ0) is 12.0. The van der Waals surface area contributed by atoms with E-state index in [0.29, 0.717) is 6.54 Å². The molecule has 2 nitrogen and oxygen atoms in total. The third-order valence-electron chi connectivity index (χ3n) is 2.94. The molecule has 2 heteroatoms. The molecule has 0 fully saturated rings. The maximum absolute atomic E-state index is 5.81. The summed E-state index contributed by atoms with van der Waals surface area (Å²) in [6.07, 6.45) is 2.00. The Morgan fingerprint density at radius 2 is 1.94 bits per heavy atom. The predicted octanol–water partition coefficient (Wildman–Crippen LogP) is 3.00. The van der Waals surface area contributed by atoms with Crippen LogP contribution in [0.25, 0.3) is 0 Å². The highest BCUT2D eigenvalue weighted by Crippen LogP contribution is 2.22. The quantitative estimate of drug-likeness (QED) is 0.801. The molecule has 2 N–H and O–H groups in total. The molecule has 0 unspecified atom stereocenters. The minimum absolute atomic E-state index is 0.168. The van der Waals surface area contributed by atoms with Crippen LogP contribution >= 0.6 is 0 Å². The molecule has 1 aromatic rings. The minimum Gasteiger partial charge on any atom is -0.493 e. The molecule has 0 bridgehead atoms. The Morgan fingerprint density at radius 1 is 1.25 bits per heavy atom. The summed E-state index contributed by atoms with van der Waals surface area (Å²) in [4.78, 5) is 0. The van der Waals surface area contributed by atoms with Crippen molar-refractivity contribution in [3.8, 4) is 5.75 Å². The van der Waals surface area contributed by atoms with Gasteiger partial charge < -0.3 is 10.5 Å². The molecule has 90 valence electrons. The van der Waals surface area contributed by atoms with Gasteiger partial charge >= 0.3 is 0 Å². The van der Waals surface area contributed by atoms with Crippen molar-refractivity contribution < 1.29 is 4.74 Å². The zero-order valence-electron chi connectivity index (χ0n) is 10.6. The highest BCUT2D eigenvalue weighted by molar-refractivity contribution is 5.33. The Hall–Kier alpha value is -1.02. The van der Waals surface area contributed by atoms with Crippen molar-refractivity contribution in [2.45, 2.75) is 33.6 Å². The van der Waals surface area contributed by atoms with Crippen LogP contribution in [0, 0.1) is 5.41 Å². The normalized spacial score (nSPS) is 11.5. The summed E-state index contributed by atoms with van der Waals surface area (Å²) >= 11 is 0. The second-order valence-electron chi connectivity index (χ2n) is 4.93. The number of benzene rings is 1. The number of hydrogen-bond donors (Lipinski definition) is 1. The van der Waals surface area contributed by atoms with Crippen molar-refractivity contribution in [2.75, 3.05) is 13.2 Å². The van der Waals surface area contributed by atoms with E-state index in [1.807, 2.05) is 12.1 Å². The van der Waals surface area contributed by atoms with Crippen molar-refractivity contribution in [3.05, 3.63) is 29.8 Å². The molecule has 1 aromatic carbocycles. The van der Waals surface area contributed by atoms with Crippen LogP contribution in [0.2, 0.25) is 0 Å². The van der Waals surface area contributed by atoms with Gasteiger partial charge in [-0.2, -0.15) is 0 Å². The van der Waals surface area contributed by atoms with E-state index in [1.54, 1.807) is 0 Å². The van der Waals surface area contributed by atoms with Crippen LogP contribution in [0.3, 0.4) is 0 Å². The van der Waals surface area contributed by atoms with Crippen molar-refractivity contribution >= 4 is 0 Å². The van der Waals surface area contributed by atoms with E-state index in [9.17, 15) is 0 Å². The van der Waals surface area contributed by atoms with Crippen molar-refractivity contribution in [3.63, 3.8) is 0 Å². The minimum atomic E-state index is 0.168. The van der Waals surface area contributed by atoms with Crippen molar-refractivity contribution in [1.82, 2.24) is 0 Å². The summed E-state index contributed by atoms with van der Waals surface area (Å²) in [5, 5.41) is 0. The Bertz CT molecular complexity index is 320. The van der Waals surface area contributed by atoms with Gasteiger partial charge in [-0.1, -0.05) is 39.0 Å². The molecule has 0 heterocycles. The van der Waals surface area contributed by atoms with Gasteiger partial charge in [0.2, 0.25) is 0 Å². The van der Waals surface area contributed by atoms with E-state index in [1.165, 1.54) is 5.56 Å². The molecule has 0 amide bonds. The first-order valence-corrected chi connectivity index (χ1v) is 6.00. The van der Waals surface area contributed by atoms with Crippen LogP contribution in [-0.4, -0.2) is 13.2 Å². The van der Waals surface area contributed by atoms with Crippen LogP contribution in [-0.2, 0) is 6.42 Å². The molecule has 0 saturated carbocycles. The second kappa shape index (κ2) is 5.90. The highest BCUT2D eigenvalue weighted by atomic mass is 16.5. The van der Waals surface area contributed by atoms with Gasteiger partial charge in [-0.05, 0) is 36.4 Å². The average Bonchev–Trinajstić information content (AvgIpc) is 2.29. The lowest BCUT2D eigenvalue weighted by atomic mass is 9.90. The monoisotopic (exact) mass is 221 g/mol. The third kappa shape index (κ3) is 3.86. The molecule has 0 spiro atoms. The molecule has 0 aliphatic heterocycles. The molecule has 0 aliphatic carbocycles. The first-order valence-electron chi connectivity index (χ1n) is 6.00. The van der Waals surface area contributed by atoms with Crippen LogP contribution in [0.4, 0.5) is 0 Å². The average molecular weight is 221 g/mol. The lowest BCUT2D eigenvalue weighted by molar-refractivity contribution is 0.232. The van der Waals surface area contributed by atoms with E-state index in [2.05, 4.69) is 32.9 Å². The fourth-order valence-electron chi connectivity index (χ4n) is 1.48. The summed E-state index contributed by atoms with van der Waals surface area (Å²) < 4.78 is 5.81. The zero-order valence-corrected chi connectivity index (χ0v) is 10.6. The van der Waals surface area contributed by atoms with Gasteiger partial charge in [0.05, 0.1) is 6.61 Å². The third-order valence-corrected chi connectivity index (χ3v) is 2.94. The Labute approximate surface area is 98.8 Å². The first-order chi connectivity index (χ1) is 7.59. The van der Waals surface area contributed by atoms with Gasteiger partial charge in [-0.15, -0.1) is 0 Å². The molecule has 0 aliphatic rings. The van der Waals surface area contributed by atoms with E-state index >= 15 is 0 Å². The van der Waals surface area contributed by atoms with Crippen LogP contribution in [0.15, 0.2) is 24.3 Å². The molecule has 0 saturated heterocycles. The fourth-order valence-corrected chi connectivity index (χ4v) is 1.48. The van der Waals surface area contributed by atoms with Crippen LogP contribution in [0.1, 0.15) is 32.8 Å². The van der Waals surface area contributed by atoms with Gasteiger partial charge in [-0.25, -0.2) is 0 Å². The molecular formula is C14H23NO. The first kappa shape index (κ1) is 13.0. The van der Waals surface area contributed by atoms with Gasteiger partial charge in [-0.3, -0.25) is 0 Å². The Morgan fingerprint density at radius 3 is 2.56 bits per heavy atom. The Balaban J connectivity index is 2.49. The van der Waals surface area contributed by atoms with Gasteiger partial charge in [0.15, 0.2) is 0 Å². The molecule has 0 aromatic heterocycles. The molecular weight excluding hydrogens is 198 g/mol. The summed E-state index contributed by atoms with van der Waals surface area (Å²) in [6.45, 7) is 7.92. The lowest BCUT2D eigenvalue weighted by Crippen LogP contribution is -2.25. The summed E-state index contributed by atoms with van der Waals surface area (Å²) in [5.74, 6) is 1.01. The van der Waals surface area contributed by atoms with Crippen molar-refractivity contribution in [2.24, 2.45) is 11.1 Å². The fraction of sp³-hybridized carbons (Fsp3) is 0.571. The van der Waals surface area contributed by atoms with Crippen LogP contribution in [0.5, 0.6) is 5.75 Å². The number of nitrogens with two attached hydrogens (primary N) is 1. The standard InChI is InChI=1S/C14H23NO/c1-4-12-7-5-6-8-13(12)16-10-9-14(2,3)11-15/h5-8H,4,9-11,15H2,1-3H3. The smallest absolute Gasteiger partial charge is 0.122 e. The largest absolute Gasteiger partial charge is 0.493 e. The summed E-state index contributed by atoms with van der Waals surface area (Å²) in [6, 6.07) is 8.22. The van der Waals surface area contributed by atoms with Gasteiger partial charge in [0.25, 0.3) is 0 Å². The van der Waals surface area contributed by atoms with E-state index in [0.717, 1.165) is 25.2 Å². The van der Waals surface area contributed by atoms with Crippen LogP contribution < -0.4 is 10.5 Å². The van der Waals surface area contributed by atoms with Crippen molar-refractivity contribution in [1.29, 1.82) is 0 Å². The number of hydrogen-bond acceptors (Lipinski definition) is 2. The highest BCUT2D eigenvalue weighted by Gasteiger charge is 2.15. The molecule has 0 atom stereocenters. The second-order valence-corrected chi connectivity index (χ2v) is 4.93. The Kier molecular flexibility index (Phi) is 4.81. The maximum Gasteiger partial charge on any atom is 0.122 e. The van der Waals surface area contributed by atoms with E-state index < -0.39 is 0 Å². The predicted molar refractivity (Wildman–Crippen MR) is 68.8 cm³/mol. The van der Waals surface area contributed by atoms with E-state index in [-0.39, 0.29) is 5.41 Å². The number of rotatable bonds is 6. The SMILES string of the molecule is CCc1ccccc1OCCC(C)(C)CN. The summed E-state index contributed by atoms with van der Waals surface area (Å²) in [7, 11) is 0. The summed E-state index contributed by atoms with van der Waals surface area (Å²) in [5.41, 5.74) is 7.13. The maximum atomic E-state index is 5.81. The number of ether oxygens (including phenoxy) is 1. The molecule has 1 rings (SSSR count).